The van der Waals surface area contributed by atoms with E-state index in [0.717, 1.165) is 13.0 Å². The zero-order chi connectivity index (χ0) is 11.1. The first-order valence-corrected chi connectivity index (χ1v) is 6.26. The van der Waals surface area contributed by atoms with E-state index in [1.165, 1.54) is 32.1 Å². The lowest BCUT2D eigenvalue weighted by Gasteiger charge is -2.26. The van der Waals surface area contributed by atoms with Crippen molar-refractivity contribution < 1.29 is 4.79 Å². The maximum atomic E-state index is 11.5. The average molecular weight is 209 g/mol. The van der Waals surface area contributed by atoms with Gasteiger partial charge < -0.3 is 4.90 Å². The van der Waals surface area contributed by atoms with Crippen molar-refractivity contribution in [3.63, 3.8) is 0 Å². The maximum Gasteiger partial charge on any atom is 0.246 e. The third-order valence-corrected chi connectivity index (χ3v) is 3.15. The van der Waals surface area contributed by atoms with Gasteiger partial charge in [0, 0.05) is 18.7 Å². The molecule has 1 rings (SSSR count). The van der Waals surface area contributed by atoms with Crippen LogP contribution in [0.3, 0.4) is 0 Å². The number of carbonyl (C=O) groups excluding carboxylic acids is 1. The second kappa shape index (κ2) is 6.65. The molecule has 1 amide bonds. The maximum absolute atomic E-state index is 11.5. The lowest BCUT2D eigenvalue weighted by molar-refractivity contribution is -0.126. The minimum atomic E-state index is 0.206. The molecule has 86 valence electrons. The van der Waals surface area contributed by atoms with E-state index >= 15 is 0 Å². The van der Waals surface area contributed by atoms with Crippen molar-refractivity contribution in [1.29, 1.82) is 0 Å². The number of hydrogen-bond donors (Lipinski definition) is 0. The van der Waals surface area contributed by atoms with Crippen molar-refractivity contribution in [3.8, 4) is 0 Å². The summed E-state index contributed by atoms with van der Waals surface area (Å²) in [5.41, 5.74) is 0. The standard InChI is InChI=1S/C13H23NO/c1-3-5-6-7-9-12(4-2)14-11-8-10-13(14)15/h8,10,12H,3-7,9,11H2,1-2H3. The van der Waals surface area contributed by atoms with Gasteiger partial charge in [0.15, 0.2) is 0 Å². The van der Waals surface area contributed by atoms with Gasteiger partial charge >= 0.3 is 0 Å². The largest absolute Gasteiger partial charge is 0.332 e. The van der Waals surface area contributed by atoms with Crippen LogP contribution in [0, 0.1) is 0 Å². The Morgan fingerprint density at radius 2 is 2.13 bits per heavy atom. The monoisotopic (exact) mass is 209 g/mol. The number of unbranched alkanes of at least 4 members (excludes halogenated alkanes) is 3. The molecular formula is C13H23NO. The molecule has 1 heterocycles. The number of carbonyl (C=O) groups is 1. The fourth-order valence-electron chi connectivity index (χ4n) is 2.17. The Balaban J connectivity index is 2.26. The Kier molecular flexibility index (Phi) is 5.44. The molecule has 0 saturated heterocycles. The Bertz CT molecular complexity index is 223. The van der Waals surface area contributed by atoms with Crippen LogP contribution < -0.4 is 0 Å². The summed E-state index contributed by atoms with van der Waals surface area (Å²) < 4.78 is 0. The third-order valence-electron chi connectivity index (χ3n) is 3.15. The zero-order valence-corrected chi connectivity index (χ0v) is 10.0. The molecule has 15 heavy (non-hydrogen) atoms. The van der Waals surface area contributed by atoms with Gasteiger partial charge in [-0.25, -0.2) is 0 Å². The lowest BCUT2D eigenvalue weighted by Crippen LogP contribution is -2.36. The van der Waals surface area contributed by atoms with Crippen LogP contribution in [0.5, 0.6) is 0 Å². The normalized spacial score (nSPS) is 17.5. The number of rotatable bonds is 7. The summed E-state index contributed by atoms with van der Waals surface area (Å²) in [7, 11) is 0. The summed E-state index contributed by atoms with van der Waals surface area (Å²) in [5, 5.41) is 0. The second-order valence-corrected chi connectivity index (χ2v) is 4.30. The molecule has 1 aliphatic rings. The molecule has 0 aliphatic carbocycles. The van der Waals surface area contributed by atoms with Crippen LogP contribution in [0.2, 0.25) is 0 Å². The molecule has 2 nitrogen and oxygen atoms in total. The second-order valence-electron chi connectivity index (χ2n) is 4.30. The van der Waals surface area contributed by atoms with Crippen LogP contribution in [0.15, 0.2) is 12.2 Å². The minimum Gasteiger partial charge on any atom is -0.332 e. The Hall–Kier alpha value is -0.790. The van der Waals surface area contributed by atoms with E-state index in [9.17, 15) is 4.79 Å². The summed E-state index contributed by atoms with van der Waals surface area (Å²) in [6.07, 6.45) is 11.1. The molecule has 2 heteroatoms. The molecule has 0 aromatic heterocycles. The first-order chi connectivity index (χ1) is 7.29. The van der Waals surface area contributed by atoms with E-state index in [1.807, 2.05) is 11.0 Å². The van der Waals surface area contributed by atoms with E-state index in [-0.39, 0.29) is 5.91 Å². The molecule has 1 atom stereocenters. The van der Waals surface area contributed by atoms with Crippen molar-refractivity contribution in [2.24, 2.45) is 0 Å². The predicted molar refractivity (Wildman–Crippen MR) is 63.7 cm³/mol. The smallest absolute Gasteiger partial charge is 0.246 e. The number of amides is 1. The third kappa shape index (κ3) is 3.69. The minimum absolute atomic E-state index is 0.206. The molecule has 0 fully saturated rings. The summed E-state index contributed by atoms with van der Waals surface area (Å²) in [6.45, 7) is 5.23. The molecule has 1 unspecified atom stereocenters. The highest BCUT2D eigenvalue weighted by atomic mass is 16.2. The lowest BCUT2D eigenvalue weighted by atomic mass is 10.0. The fraction of sp³-hybridized carbons (Fsp3) is 0.769. The van der Waals surface area contributed by atoms with Crippen molar-refractivity contribution in [2.45, 2.75) is 58.4 Å². The summed E-state index contributed by atoms with van der Waals surface area (Å²) in [4.78, 5) is 13.5. The molecule has 0 radical (unpaired) electrons. The average Bonchev–Trinajstić information content (AvgIpc) is 2.65. The van der Waals surface area contributed by atoms with E-state index < -0.39 is 0 Å². The number of nitrogens with zero attached hydrogens (tertiary/aromatic N) is 1. The molecule has 0 aromatic rings. The van der Waals surface area contributed by atoms with Gasteiger partial charge in [0.1, 0.15) is 0 Å². The van der Waals surface area contributed by atoms with Gasteiger partial charge in [0.25, 0.3) is 0 Å². The van der Waals surface area contributed by atoms with Crippen LogP contribution in [0.25, 0.3) is 0 Å². The highest BCUT2D eigenvalue weighted by Crippen LogP contribution is 2.17. The van der Waals surface area contributed by atoms with Crippen LogP contribution >= 0.6 is 0 Å². The summed E-state index contributed by atoms with van der Waals surface area (Å²) >= 11 is 0. The van der Waals surface area contributed by atoms with Crippen LogP contribution in [-0.2, 0) is 4.79 Å². The highest BCUT2D eigenvalue weighted by Gasteiger charge is 2.22. The number of hydrogen-bond acceptors (Lipinski definition) is 1. The molecular weight excluding hydrogens is 186 g/mol. The van der Waals surface area contributed by atoms with Crippen molar-refractivity contribution in [1.82, 2.24) is 4.90 Å². The zero-order valence-electron chi connectivity index (χ0n) is 10.0. The topological polar surface area (TPSA) is 20.3 Å². The Labute approximate surface area is 93.3 Å². The molecule has 0 N–H and O–H groups in total. The SMILES string of the molecule is CCCCCCC(CC)N1CC=CC1=O. The van der Waals surface area contributed by atoms with E-state index in [4.69, 9.17) is 0 Å². The van der Waals surface area contributed by atoms with Crippen LogP contribution in [0.1, 0.15) is 52.4 Å². The predicted octanol–water partition coefficient (Wildman–Crippen LogP) is 3.13. The fourth-order valence-corrected chi connectivity index (χ4v) is 2.17. The van der Waals surface area contributed by atoms with E-state index in [0.29, 0.717) is 6.04 Å². The Morgan fingerprint density at radius 3 is 2.67 bits per heavy atom. The molecule has 0 saturated carbocycles. The summed E-state index contributed by atoms with van der Waals surface area (Å²) in [6, 6.07) is 0.462. The van der Waals surface area contributed by atoms with Crippen molar-refractivity contribution >= 4 is 5.91 Å². The Morgan fingerprint density at radius 1 is 1.33 bits per heavy atom. The van der Waals surface area contributed by atoms with Gasteiger partial charge in [0.2, 0.25) is 5.91 Å². The van der Waals surface area contributed by atoms with E-state index in [2.05, 4.69) is 13.8 Å². The van der Waals surface area contributed by atoms with Gasteiger partial charge in [-0.05, 0) is 12.8 Å². The first kappa shape index (κ1) is 12.3. The quantitative estimate of drug-likeness (QED) is 0.590. The van der Waals surface area contributed by atoms with Gasteiger partial charge in [-0.1, -0.05) is 45.6 Å². The van der Waals surface area contributed by atoms with Crippen LogP contribution in [0.4, 0.5) is 0 Å². The van der Waals surface area contributed by atoms with Crippen molar-refractivity contribution in [3.05, 3.63) is 12.2 Å². The molecule has 0 aromatic carbocycles. The van der Waals surface area contributed by atoms with Gasteiger partial charge in [-0.3, -0.25) is 4.79 Å². The van der Waals surface area contributed by atoms with Crippen molar-refractivity contribution in [2.75, 3.05) is 6.54 Å². The van der Waals surface area contributed by atoms with Gasteiger partial charge in [-0.2, -0.15) is 0 Å². The molecule has 0 spiro atoms. The first-order valence-electron chi connectivity index (χ1n) is 6.26. The summed E-state index contributed by atoms with van der Waals surface area (Å²) in [5.74, 6) is 0.206. The molecule has 0 bridgehead atoms. The highest BCUT2D eigenvalue weighted by molar-refractivity contribution is 5.90. The molecule has 1 aliphatic heterocycles. The van der Waals surface area contributed by atoms with Gasteiger partial charge in [0.05, 0.1) is 0 Å². The van der Waals surface area contributed by atoms with Gasteiger partial charge in [-0.15, -0.1) is 0 Å². The van der Waals surface area contributed by atoms with E-state index in [1.54, 1.807) is 6.08 Å². The van der Waals surface area contributed by atoms with Crippen LogP contribution in [-0.4, -0.2) is 23.4 Å².